The van der Waals surface area contributed by atoms with Gasteiger partial charge in [0.25, 0.3) is 5.91 Å². The first-order chi connectivity index (χ1) is 10.6. The highest BCUT2D eigenvalue weighted by Gasteiger charge is 2.23. The lowest BCUT2D eigenvalue weighted by Crippen LogP contribution is -2.50. The van der Waals surface area contributed by atoms with E-state index in [4.69, 9.17) is 4.42 Å². The molecule has 1 aromatic rings. The Labute approximate surface area is 129 Å². The molecule has 0 aromatic carbocycles. The highest BCUT2D eigenvalue weighted by Crippen LogP contribution is 2.09. The number of amides is 3. The Morgan fingerprint density at radius 2 is 2.00 bits per heavy atom. The quantitative estimate of drug-likeness (QED) is 0.830. The van der Waals surface area contributed by atoms with Crippen LogP contribution in [0.5, 0.6) is 0 Å². The van der Waals surface area contributed by atoms with E-state index in [1.807, 2.05) is 0 Å². The SMILES string of the molecule is CC(NC(=O)CNC(=O)c1ccco1)C(=O)N1CCCCC1. The highest BCUT2D eigenvalue weighted by atomic mass is 16.3. The number of carbonyl (C=O) groups excluding carboxylic acids is 3. The van der Waals surface area contributed by atoms with Gasteiger partial charge in [-0.25, -0.2) is 0 Å². The predicted octanol–water partition coefficient (Wildman–Crippen LogP) is 0.527. The van der Waals surface area contributed by atoms with E-state index in [9.17, 15) is 14.4 Å². The Morgan fingerprint density at radius 3 is 2.64 bits per heavy atom. The molecule has 2 rings (SSSR count). The fraction of sp³-hybridized carbons (Fsp3) is 0.533. The summed E-state index contributed by atoms with van der Waals surface area (Å²) in [5, 5.41) is 5.04. The molecule has 1 saturated heterocycles. The van der Waals surface area contributed by atoms with Crippen LogP contribution >= 0.6 is 0 Å². The molecule has 1 aliphatic rings. The number of furan rings is 1. The number of piperidine rings is 1. The van der Waals surface area contributed by atoms with Crippen molar-refractivity contribution in [2.75, 3.05) is 19.6 Å². The van der Waals surface area contributed by atoms with Gasteiger partial charge in [0.05, 0.1) is 12.8 Å². The van der Waals surface area contributed by atoms with Gasteiger partial charge in [-0.1, -0.05) is 0 Å². The molecule has 0 bridgehead atoms. The van der Waals surface area contributed by atoms with Gasteiger partial charge in [-0.05, 0) is 38.3 Å². The summed E-state index contributed by atoms with van der Waals surface area (Å²) in [6.45, 7) is 2.95. The monoisotopic (exact) mass is 307 g/mol. The number of nitrogens with one attached hydrogen (secondary N) is 2. The van der Waals surface area contributed by atoms with Gasteiger partial charge in [0.2, 0.25) is 11.8 Å². The second-order valence-electron chi connectivity index (χ2n) is 5.34. The third-order valence-electron chi connectivity index (χ3n) is 3.57. The minimum absolute atomic E-state index is 0.0783. The van der Waals surface area contributed by atoms with Crippen molar-refractivity contribution in [3.63, 3.8) is 0 Å². The lowest BCUT2D eigenvalue weighted by Gasteiger charge is -2.29. The lowest BCUT2D eigenvalue weighted by atomic mass is 10.1. The van der Waals surface area contributed by atoms with Gasteiger partial charge in [-0.2, -0.15) is 0 Å². The summed E-state index contributed by atoms with van der Waals surface area (Å²) in [6.07, 6.45) is 4.54. The number of carbonyl (C=O) groups is 3. The molecule has 22 heavy (non-hydrogen) atoms. The van der Waals surface area contributed by atoms with Crippen molar-refractivity contribution < 1.29 is 18.8 Å². The Kier molecular flexibility index (Phi) is 5.57. The van der Waals surface area contributed by atoms with E-state index < -0.39 is 17.9 Å². The maximum Gasteiger partial charge on any atom is 0.287 e. The average molecular weight is 307 g/mol. The molecular weight excluding hydrogens is 286 g/mol. The average Bonchev–Trinajstić information content (AvgIpc) is 3.07. The lowest BCUT2D eigenvalue weighted by molar-refractivity contribution is -0.136. The van der Waals surface area contributed by atoms with Crippen molar-refractivity contribution in [1.82, 2.24) is 15.5 Å². The smallest absolute Gasteiger partial charge is 0.287 e. The van der Waals surface area contributed by atoms with Gasteiger partial charge in [0.15, 0.2) is 5.76 Å². The molecule has 1 atom stereocenters. The second kappa shape index (κ2) is 7.63. The summed E-state index contributed by atoms with van der Waals surface area (Å²) in [5.41, 5.74) is 0. The third kappa shape index (κ3) is 4.34. The largest absolute Gasteiger partial charge is 0.459 e. The van der Waals surface area contributed by atoms with Crippen LogP contribution in [-0.2, 0) is 9.59 Å². The molecule has 0 spiro atoms. The zero-order chi connectivity index (χ0) is 15.9. The van der Waals surface area contributed by atoms with Crippen LogP contribution in [-0.4, -0.2) is 48.3 Å². The molecule has 2 N–H and O–H groups in total. The summed E-state index contributed by atoms with van der Waals surface area (Å²) in [6, 6.07) is 2.51. The minimum Gasteiger partial charge on any atom is -0.459 e. The van der Waals surface area contributed by atoms with Crippen LogP contribution < -0.4 is 10.6 Å². The Balaban J connectivity index is 1.73. The summed E-state index contributed by atoms with van der Waals surface area (Å²) in [5.74, 6) is -0.802. The molecule has 0 radical (unpaired) electrons. The van der Waals surface area contributed by atoms with Gasteiger partial charge in [0.1, 0.15) is 6.04 Å². The minimum atomic E-state index is -0.592. The van der Waals surface area contributed by atoms with Crippen molar-refractivity contribution >= 4 is 17.7 Å². The van der Waals surface area contributed by atoms with E-state index in [0.717, 1.165) is 32.4 Å². The van der Waals surface area contributed by atoms with E-state index in [1.54, 1.807) is 17.9 Å². The van der Waals surface area contributed by atoms with Crippen LogP contribution in [0, 0.1) is 0 Å². The third-order valence-corrected chi connectivity index (χ3v) is 3.57. The standard InChI is InChI=1S/C15H21N3O4/c1-11(15(21)18-7-3-2-4-8-18)17-13(19)10-16-14(20)12-6-5-9-22-12/h5-6,9,11H,2-4,7-8,10H2,1H3,(H,16,20)(H,17,19). The number of rotatable bonds is 5. The number of nitrogens with zero attached hydrogens (tertiary/aromatic N) is 1. The first-order valence-electron chi connectivity index (χ1n) is 7.48. The van der Waals surface area contributed by atoms with E-state index in [1.165, 1.54) is 12.3 Å². The van der Waals surface area contributed by atoms with Crippen LogP contribution in [0.3, 0.4) is 0 Å². The van der Waals surface area contributed by atoms with E-state index in [2.05, 4.69) is 10.6 Å². The van der Waals surface area contributed by atoms with Gasteiger partial charge >= 0.3 is 0 Å². The number of hydrogen-bond acceptors (Lipinski definition) is 4. The summed E-state index contributed by atoms with van der Waals surface area (Å²) in [4.78, 5) is 37.3. The molecule has 0 saturated carbocycles. The van der Waals surface area contributed by atoms with Crippen molar-refractivity contribution in [1.29, 1.82) is 0 Å². The summed E-state index contributed by atoms with van der Waals surface area (Å²) in [7, 11) is 0. The zero-order valence-corrected chi connectivity index (χ0v) is 12.6. The molecule has 1 aliphatic heterocycles. The zero-order valence-electron chi connectivity index (χ0n) is 12.6. The molecule has 1 aromatic heterocycles. The highest BCUT2D eigenvalue weighted by molar-refractivity contribution is 5.95. The number of likely N-dealkylation sites (tertiary alicyclic amines) is 1. The molecule has 1 fully saturated rings. The van der Waals surface area contributed by atoms with Crippen LogP contribution in [0.15, 0.2) is 22.8 Å². The molecule has 3 amide bonds. The van der Waals surface area contributed by atoms with Gasteiger partial charge < -0.3 is 20.0 Å². The van der Waals surface area contributed by atoms with E-state index >= 15 is 0 Å². The predicted molar refractivity (Wildman–Crippen MR) is 79.1 cm³/mol. The maximum absolute atomic E-state index is 12.2. The summed E-state index contributed by atoms with van der Waals surface area (Å²) >= 11 is 0. The Bertz CT molecular complexity index is 521. The Morgan fingerprint density at radius 1 is 1.27 bits per heavy atom. The van der Waals surface area contributed by atoms with Gasteiger partial charge in [-0.15, -0.1) is 0 Å². The molecule has 2 heterocycles. The molecular formula is C15H21N3O4. The van der Waals surface area contributed by atoms with Crippen LogP contribution in [0.1, 0.15) is 36.7 Å². The second-order valence-corrected chi connectivity index (χ2v) is 5.34. The van der Waals surface area contributed by atoms with Gasteiger partial charge in [0, 0.05) is 13.1 Å². The molecule has 7 nitrogen and oxygen atoms in total. The molecule has 1 unspecified atom stereocenters. The molecule has 0 aliphatic carbocycles. The fourth-order valence-electron chi connectivity index (χ4n) is 2.40. The number of hydrogen-bond donors (Lipinski definition) is 2. The summed E-state index contributed by atoms with van der Waals surface area (Å²) < 4.78 is 4.92. The van der Waals surface area contributed by atoms with E-state index in [-0.39, 0.29) is 18.2 Å². The van der Waals surface area contributed by atoms with Crippen LogP contribution in [0.4, 0.5) is 0 Å². The van der Waals surface area contributed by atoms with Crippen molar-refractivity contribution in [2.45, 2.75) is 32.2 Å². The van der Waals surface area contributed by atoms with Crippen LogP contribution in [0.2, 0.25) is 0 Å². The first-order valence-corrected chi connectivity index (χ1v) is 7.48. The van der Waals surface area contributed by atoms with Crippen molar-refractivity contribution in [3.8, 4) is 0 Å². The van der Waals surface area contributed by atoms with Crippen molar-refractivity contribution in [2.24, 2.45) is 0 Å². The van der Waals surface area contributed by atoms with Crippen molar-refractivity contribution in [3.05, 3.63) is 24.2 Å². The topological polar surface area (TPSA) is 91.6 Å². The first kappa shape index (κ1) is 16.1. The Hall–Kier alpha value is -2.31. The van der Waals surface area contributed by atoms with Gasteiger partial charge in [-0.3, -0.25) is 14.4 Å². The molecule has 7 heteroatoms. The maximum atomic E-state index is 12.2. The molecule has 120 valence electrons. The fourth-order valence-corrected chi connectivity index (χ4v) is 2.40. The van der Waals surface area contributed by atoms with E-state index in [0.29, 0.717) is 0 Å². The normalized spacial score (nSPS) is 16.0. The van der Waals surface area contributed by atoms with Crippen LogP contribution in [0.25, 0.3) is 0 Å².